The molecule has 1 atom stereocenters. The number of amides is 1. The van der Waals surface area contributed by atoms with Crippen LogP contribution in [0.5, 0.6) is 0 Å². The Balaban J connectivity index is 3.48. The first-order chi connectivity index (χ1) is 6.24. The second-order valence-electron chi connectivity index (χ2n) is 3.14. The van der Waals surface area contributed by atoms with Crippen LogP contribution < -0.4 is 11.1 Å². The largest absolute Gasteiger partial charge is 0.396 e. The van der Waals surface area contributed by atoms with E-state index >= 15 is 0 Å². The fourth-order valence-corrected chi connectivity index (χ4v) is 1.04. The fraction of sp³-hybridized carbons (Fsp3) is 0.889. The van der Waals surface area contributed by atoms with Crippen molar-refractivity contribution in [2.45, 2.75) is 26.2 Å². The Morgan fingerprint density at radius 3 is 2.77 bits per heavy atom. The van der Waals surface area contributed by atoms with Gasteiger partial charge >= 0.3 is 0 Å². The molecule has 0 aliphatic heterocycles. The van der Waals surface area contributed by atoms with Gasteiger partial charge in [0.1, 0.15) is 0 Å². The Morgan fingerprint density at radius 2 is 2.31 bits per heavy atom. The SMILES string of the molecule is CCC(CN)CC(=O)NCCCO. The van der Waals surface area contributed by atoms with Crippen LogP contribution in [-0.2, 0) is 4.79 Å². The van der Waals surface area contributed by atoms with E-state index < -0.39 is 0 Å². The summed E-state index contributed by atoms with van der Waals surface area (Å²) in [6.07, 6.45) is 2.05. The van der Waals surface area contributed by atoms with Crippen molar-refractivity contribution in [3.8, 4) is 0 Å². The predicted molar refractivity (Wildman–Crippen MR) is 52.2 cm³/mol. The third-order valence-corrected chi connectivity index (χ3v) is 2.04. The van der Waals surface area contributed by atoms with Crippen LogP contribution >= 0.6 is 0 Å². The van der Waals surface area contributed by atoms with E-state index in [9.17, 15) is 4.79 Å². The standard InChI is InChI=1S/C9H20N2O2/c1-2-8(7-10)6-9(13)11-4-3-5-12/h8,12H,2-7,10H2,1H3,(H,11,13). The van der Waals surface area contributed by atoms with Gasteiger partial charge < -0.3 is 16.2 Å². The molecule has 0 aromatic heterocycles. The molecule has 0 aliphatic carbocycles. The van der Waals surface area contributed by atoms with Gasteiger partial charge in [0.15, 0.2) is 0 Å². The molecule has 0 saturated carbocycles. The van der Waals surface area contributed by atoms with Crippen LogP contribution in [-0.4, -0.2) is 30.7 Å². The second kappa shape index (κ2) is 8.01. The van der Waals surface area contributed by atoms with Crippen LogP contribution in [0.2, 0.25) is 0 Å². The van der Waals surface area contributed by atoms with Crippen LogP contribution in [0.25, 0.3) is 0 Å². The Kier molecular flexibility index (Phi) is 7.63. The minimum absolute atomic E-state index is 0.0331. The highest BCUT2D eigenvalue weighted by Gasteiger charge is 2.09. The topological polar surface area (TPSA) is 75.4 Å². The van der Waals surface area contributed by atoms with Crippen LogP contribution in [0, 0.1) is 5.92 Å². The summed E-state index contributed by atoms with van der Waals surface area (Å²) in [6, 6.07) is 0. The van der Waals surface area contributed by atoms with Gasteiger partial charge in [-0.3, -0.25) is 4.79 Å². The summed E-state index contributed by atoms with van der Waals surface area (Å²) in [5, 5.41) is 11.2. The van der Waals surface area contributed by atoms with Crippen molar-refractivity contribution in [2.24, 2.45) is 11.7 Å². The fourth-order valence-electron chi connectivity index (χ4n) is 1.04. The predicted octanol–water partition coefficient (Wildman–Crippen LogP) is -0.140. The van der Waals surface area contributed by atoms with Crippen molar-refractivity contribution in [3.63, 3.8) is 0 Å². The minimum atomic E-state index is 0.0331. The molecule has 1 amide bonds. The molecule has 4 nitrogen and oxygen atoms in total. The second-order valence-corrected chi connectivity index (χ2v) is 3.14. The molecule has 0 spiro atoms. The zero-order chi connectivity index (χ0) is 10.1. The normalized spacial score (nSPS) is 12.5. The molecule has 0 aromatic carbocycles. The summed E-state index contributed by atoms with van der Waals surface area (Å²) >= 11 is 0. The number of rotatable bonds is 7. The molecule has 1 unspecified atom stereocenters. The summed E-state index contributed by atoms with van der Waals surface area (Å²) in [4.78, 5) is 11.2. The molecule has 0 rings (SSSR count). The van der Waals surface area contributed by atoms with Gasteiger partial charge in [-0.15, -0.1) is 0 Å². The third kappa shape index (κ3) is 6.54. The maximum atomic E-state index is 11.2. The van der Waals surface area contributed by atoms with Gasteiger partial charge in [-0.2, -0.15) is 0 Å². The Labute approximate surface area is 79.5 Å². The van der Waals surface area contributed by atoms with E-state index in [4.69, 9.17) is 10.8 Å². The lowest BCUT2D eigenvalue weighted by Gasteiger charge is -2.11. The van der Waals surface area contributed by atoms with Crippen molar-refractivity contribution in [1.29, 1.82) is 0 Å². The number of nitrogens with two attached hydrogens (primary N) is 1. The van der Waals surface area contributed by atoms with Crippen molar-refractivity contribution in [3.05, 3.63) is 0 Å². The van der Waals surface area contributed by atoms with E-state index in [0.29, 0.717) is 25.9 Å². The zero-order valence-electron chi connectivity index (χ0n) is 8.25. The molecular weight excluding hydrogens is 168 g/mol. The van der Waals surface area contributed by atoms with Crippen molar-refractivity contribution in [1.82, 2.24) is 5.32 Å². The molecule has 0 heterocycles. The number of carbonyl (C=O) groups excluding carboxylic acids is 1. The van der Waals surface area contributed by atoms with Crippen LogP contribution in [0.3, 0.4) is 0 Å². The molecular formula is C9H20N2O2. The quantitative estimate of drug-likeness (QED) is 0.487. The summed E-state index contributed by atoms with van der Waals surface area (Å²) in [6.45, 7) is 3.26. The average Bonchev–Trinajstić information content (AvgIpc) is 2.14. The van der Waals surface area contributed by atoms with E-state index in [1.54, 1.807) is 0 Å². The number of hydrogen-bond donors (Lipinski definition) is 3. The van der Waals surface area contributed by atoms with Gasteiger partial charge in [-0.05, 0) is 18.9 Å². The first-order valence-corrected chi connectivity index (χ1v) is 4.82. The molecule has 0 fully saturated rings. The first-order valence-electron chi connectivity index (χ1n) is 4.82. The summed E-state index contributed by atoms with van der Waals surface area (Å²) < 4.78 is 0. The highest BCUT2D eigenvalue weighted by molar-refractivity contribution is 5.76. The Bertz CT molecular complexity index is 136. The van der Waals surface area contributed by atoms with Crippen molar-refractivity contribution in [2.75, 3.05) is 19.7 Å². The van der Waals surface area contributed by atoms with Crippen LogP contribution in [0.15, 0.2) is 0 Å². The van der Waals surface area contributed by atoms with Gasteiger partial charge in [0.05, 0.1) is 0 Å². The molecule has 0 aromatic rings. The average molecular weight is 188 g/mol. The monoisotopic (exact) mass is 188 g/mol. The molecule has 4 N–H and O–H groups in total. The van der Waals surface area contributed by atoms with Gasteiger partial charge in [0.25, 0.3) is 0 Å². The van der Waals surface area contributed by atoms with E-state index in [1.807, 2.05) is 6.92 Å². The molecule has 0 aliphatic rings. The number of aliphatic hydroxyl groups is 1. The Hall–Kier alpha value is -0.610. The summed E-state index contributed by atoms with van der Waals surface area (Å²) in [7, 11) is 0. The highest BCUT2D eigenvalue weighted by atomic mass is 16.3. The number of carbonyl (C=O) groups is 1. The van der Waals surface area contributed by atoms with Gasteiger partial charge in [-0.25, -0.2) is 0 Å². The molecule has 13 heavy (non-hydrogen) atoms. The van der Waals surface area contributed by atoms with E-state index in [-0.39, 0.29) is 18.4 Å². The highest BCUT2D eigenvalue weighted by Crippen LogP contribution is 2.04. The number of hydrogen-bond acceptors (Lipinski definition) is 3. The molecule has 0 radical (unpaired) electrons. The van der Waals surface area contributed by atoms with E-state index in [2.05, 4.69) is 5.32 Å². The lowest BCUT2D eigenvalue weighted by molar-refractivity contribution is -0.122. The van der Waals surface area contributed by atoms with Gasteiger partial charge in [0.2, 0.25) is 5.91 Å². The number of aliphatic hydroxyl groups excluding tert-OH is 1. The van der Waals surface area contributed by atoms with E-state index in [0.717, 1.165) is 6.42 Å². The molecule has 4 heteroatoms. The van der Waals surface area contributed by atoms with E-state index in [1.165, 1.54) is 0 Å². The van der Waals surface area contributed by atoms with Gasteiger partial charge in [0, 0.05) is 19.6 Å². The molecule has 78 valence electrons. The van der Waals surface area contributed by atoms with Gasteiger partial charge in [-0.1, -0.05) is 13.3 Å². The Morgan fingerprint density at radius 1 is 1.62 bits per heavy atom. The maximum Gasteiger partial charge on any atom is 0.220 e. The van der Waals surface area contributed by atoms with Crippen molar-refractivity contribution >= 4 is 5.91 Å². The van der Waals surface area contributed by atoms with Crippen LogP contribution in [0.4, 0.5) is 0 Å². The minimum Gasteiger partial charge on any atom is -0.396 e. The molecule has 0 bridgehead atoms. The smallest absolute Gasteiger partial charge is 0.220 e. The summed E-state index contributed by atoms with van der Waals surface area (Å²) in [5.41, 5.74) is 5.47. The van der Waals surface area contributed by atoms with Crippen LogP contribution in [0.1, 0.15) is 26.2 Å². The number of nitrogens with one attached hydrogen (secondary N) is 1. The zero-order valence-corrected chi connectivity index (χ0v) is 8.25. The van der Waals surface area contributed by atoms with Crippen molar-refractivity contribution < 1.29 is 9.90 Å². The lowest BCUT2D eigenvalue weighted by atomic mass is 10.0. The maximum absolute atomic E-state index is 11.2. The first kappa shape index (κ1) is 12.4. The molecule has 0 saturated heterocycles. The lowest BCUT2D eigenvalue weighted by Crippen LogP contribution is -2.29. The summed E-state index contributed by atoms with van der Waals surface area (Å²) in [5.74, 6) is 0.319. The third-order valence-electron chi connectivity index (χ3n) is 2.04.